The minimum absolute atomic E-state index is 0.640. The maximum Gasteiger partial charge on any atom is 0.00212 e. The molecule has 0 amide bonds. The van der Waals surface area contributed by atoms with Gasteiger partial charge in [0.05, 0.1) is 0 Å². The Morgan fingerprint density at radius 2 is 2.12 bits per heavy atom. The van der Waals surface area contributed by atoms with Crippen LogP contribution in [0.25, 0.3) is 0 Å². The van der Waals surface area contributed by atoms with Crippen LogP contribution in [0.2, 0.25) is 0 Å². The summed E-state index contributed by atoms with van der Waals surface area (Å²) >= 11 is 0. The molecule has 2 unspecified atom stereocenters. The van der Waals surface area contributed by atoms with Crippen LogP contribution in [0.4, 0.5) is 0 Å². The fraction of sp³-hybridized carbons (Fsp3) is 1.00. The summed E-state index contributed by atoms with van der Waals surface area (Å²) in [6, 6.07) is 0. The Morgan fingerprint density at radius 1 is 1.41 bits per heavy atom. The summed E-state index contributed by atoms with van der Waals surface area (Å²) in [5, 5.41) is 0. The minimum Gasteiger partial charge on any atom is -0.330 e. The average molecular weight is 241 g/mol. The van der Waals surface area contributed by atoms with E-state index >= 15 is 0 Å². The zero-order chi connectivity index (χ0) is 12.8. The Bertz CT molecular complexity index is 206. The fourth-order valence-corrected chi connectivity index (χ4v) is 2.90. The number of likely N-dealkylation sites (tertiary alicyclic amines) is 1. The molecule has 0 bridgehead atoms. The number of nitrogens with zero attached hydrogens (tertiary/aromatic N) is 2. The SMILES string of the molecule is CC(C)C(CN)CN(C)CC1CCCN(C)C1. The van der Waals surface area contributed by atoms with Gasteiger partial charge in [0.25, 0.3) is 0 Å². The van der Waals surface area contributed by atoms with Crippen molar-refractivity contribution in [2.45, 2.75) is 26.7 Å². The smallest absolute Gasteiger partial charge is 0.00212 e. The Labute approximate surface area is 107 Å². The van der Waals surface area contributed by atoms with Crippen LogP contribution in [0.1, 0.15) is 26.7 Å². The Kier molecular flexibility index (Phi) is 6.45. The normalized spacial score (nSPS) is 24.5. The number of rotatable bonds is 6. The maximum absolute atomic E-state index is 5.84. The molecule has 3 heteroatoms. The van der Waals surface area contributed by atoms with Crippen molar-refractivity contribution < 1.29 is 0 Å². The van der Waals surface area contributed by atoms with Gasteiger partial charge in [-0.25, -0.2) is 0 Å². The highest BCUT2D eigenvalue weighted by atomic mass is 15.1. The van der Waals surface area contributed by atoms with E-state index in [-0.39, 0.29) is 0 Å². The molecule has 2 N–H and O–H groups in total. The molecule has 3 nitrogen and oxygen atoms in total. The third-order valence-electron chi connectivity index (χ3n) is 4.08. The molecule has 1 aliphatic rings. The standard InChI is InChI=1S/C14H31N3/c1-12(2)14(8-15)11-17(4)10-13-6-5-7-16(3)9-13/h12-14H,5-11,15H2,1-4H3. The van der Waals surface area contributed by atoms with Gasteiger partial charge < -0.3 is 15.5 Å². The van der Waals surface area contributed by atoms with Gasteiger partial charge in [0.15, 0.2) is 0 Å². The molecule has 17 heavy (non-hydrogen) atoms. The molecule has 0 radical (unpaired) electrons. The summed E-state index contributed by atoms with van der Waals surface area (Å²) < 4.78 is 0. The lowest BCUT2D eigenvalue weighted by atomic mass is 9.94. The largest absolute Gasteiger partial charge is 0.330 e. The average Bonchev–Trinajstić information content (AvgIpc) is 2.25. The maximum atomic E-state index is 5.84. The molecule has 1 saturated heterocycles. The second-order valence-corrected chi connectivity index (χ2v) is 6.23. The third kappa shape index (κ3) is 5.36. The monoisotopic (exact) mass is 241 g/mol. The fourth-order valence-electron chi connectivity index (χ4n) is 2.90. The zero-order valence-corrected chi connectivity index (χ0v) is 12.2. The van der Waals surface area contributed by atoms with Crippen LogP contribution >= 0.6 is 0 Å². The minimum atomic E-state index is 0.640. The summed E-state index contributed by atoms with van der Waals surface area (Å²) in [5.41, 5.74) is 5.84. The van der Waals surface area contributed by atoms with Crippen molar-refractivity contribution in [2.24, 2.45) is 23.5 Å². The molecule has 0 aromatic carbocycles. The molecule has 0 spiro atoms. The molecular weight excluding hydrogens is 210 g/mol. The number of nitrogens with two attached hydrogens (primary N) is 1. The summed E-state index contributed by atoms with van der Waals surface area (Å²) in [6.07, 6.45) is 2.75. The first-order valence-corrected chi connectivity index (χ1v) is 7.10. The van der Waals surface area contributed by atoms with Crippen LogP contribution in [0.5, 0.6) is 0 Å². The summed E-state index contributed by atoms with van der Waals surface area (Å²) in [7, 11) is 4.49. The lowest BCUT2D eigenvalue weighted by Crippen LogP contribution is -2.40. The van der Waals surface area contributed by atoms with Crippen molar-refractivity contribution in [1.82, 2.24) is 9.80 Å². The van der Waals surface area contributed by atoms with Gasteiger partial charge in [-0.1, -0.05) is 13.8 Å². The van der Waals surface area contributed by atoms with Gasteiger partial charge in [-0.15, -0.1) is 0 Å². The van der Waals surface area contributed by atoms with E-state index in [0.29, 0.717) is 11.8 Å². The lowest BCUT2D eigenvalue weighted by Gasteiger charge is -2.34. The van der Waals surface area contributed by atoms with Crippen molar-refractivity contribution >= 4 is 0 Å². The Morgan fingerprint density at radius 3 is 2.65 bits per heavy atom. The van der Waals surface area contributed by atoms with E-state index in [0.717, 1.165) is 19.0 Å². The van der Waals surface area contributed by atoms with Gasteiger partial charge in [-0.05, 0) is 57.8 Å². The van der Waals surface area contributed by atoms with E-state index in [2.05, 4.69) is 37.7 Å². The van der Waals surface area contributed by atoms with Crippen LogP contribution < -0.4 is 5.73 Å². The molecule has 0 aliphatic carbocycles. The summed E-state index contributed by atoms with van der Waals surface area (Å²) in [6.45, 7) is 10.3. The van der Waals surface area contributed by atoms with Crippen LogP contribution in [-0.4, -0.2) is 56.6 Å². The molecule has 1 aliphatic heterocycles. The van der Waals surface area contributed by atoms with Gasteiger partial charge in [0.1, 0.15) is 0 Å². The predicted octanol–water partition coefficient (Wildman–Crippen LogP) is 1.49. The van der Waals surface area contributed by atoms with E-state index in [4.69, 9.17) is 5.73 Å². The van der Waals surface area contributed by atoms with Gasteiger partial charge in [0, 0.05) is 19.6 Å². The van der Waals surface area contributed by atoms with E-state index < -0.39 is 0 Å². The molecule has 1 heterocycles. The number of piperidine rings is 1. The van der Waals surface area contributed by atoms with Crippen LogP contribution in [0.3, 0.4) is 0 Å². The van der Waals surface area contributed by atoms with E-state index in [1.54, 1.807) is 0 Å². The van der Waals surface area contributed by atoms with Crippen molar-refractivity contribution in [3.63, 3.8) is 0 Å². The molecule has 1 rings (SSSR count). The highest BCUT2D eigenvalue weighted by molar-refractivity contribution is 4.75. The Hall–Kier alpha value is -0.120. The van der Waals surface area contributed by atoms with Crippen LogP contribution in [0.15, 0.2) is 0 Å². The molecule has 0 aromatic heterocycles. The van der Waals surface area contributed by atoms with Crippen molar-refractivity contribution in [2.75, 3.05) is 46.8 Å². The third-order valence-corrected chi connectivity index (χ3v) is 4.08. The number of hydrogen-bond acceptors (Lipinski definition) is 3. The molecular formula is C14H31N3. The molecule has 0 aromatic rings. The van der Waals surface area contributed by atoms with E-state index in [1.807, 2.05) is 0 Å². The number of hydrogen-bond donors (Lipinski definition) is 1. The highest BCUT2D eigenvalue weighted by Crippen LogP contribution is 2.17. The van der Waals surface area contributed by atoms with Gasteiger partial charge in [-0.2, -0.15) is 0 Å². The topological polar surface area (TPSA) is 32.5 Å². The zero-order valence-electron chi connectivity index (χ0n) is 12.2. The molecule has 1 fully saturated rings. The van der Waals surface area contributed by atoms with Crippen molar-refractivity contribution in [3.8, 4) is 0 Å². The first-order valence-electron chi connectivity index (χ1n) is 7.10. The van der Waals surface area contributed by atoms with Crippen LogP contribution in [0, 0.1) is 17.8 Å². The van der Waals surface area contributed by atoms with Gasteiger partial charge >= 0.3 is 0 Å². The predicted molar refractivity (Wildman–Crippen MR) is 75.1 cm³/mol. The summed E-state index contributed by atoms with van der Waals surface area (Å²) in [4.78, 5) is 4.95. The highest BCUT2D eigenvalue weighted by Gasteiger charge is 2.20. The van der Waals surface area contributed by atoms with Crippen LogP contribution in [-0.2, 0) is 0 Å². The van der Waals surface area contributed by atoms with E-state index in [1.165, 1.54) is 32.5 Å². The van der Waals surface area contributed by atoms with Gasteiger partial charge in [-0.3, -0.25) is 0 Å². The second kappa shape index (κ2) is 7.34. The van der Waals surface area contributed by atoms with E-state index in [9.17, 15) is 0 Å². The quantitative estimate of drug-likeness (QED) is 0.765. The van der Waals surface area contributed by atoms with Crippen molar-refractivity contribution in [3.05, 3.63) is 0 Å². The lowest BCUT2D eigenvalue weighted by molar-refractivity contribution is 0.150. The molecule has 2 atom stereocenters. The second-order valence-electron chi connectivity index (χ2n) is 6.23. The first kappa shape index (κ1) is 14.9. The first-order chi connectivity index (χ1) is 8.02. The molecule has 102 valence electrons. The Balaban J connectivity index is 2.30. The summed E-state index contributed by atoms with van der Waals surface area (Å²) in [5.74, 6) is 2.18. The molecule has 0 saturated carbocycles. The van der Waals surface area contributed by atoms with Crippen molar-refractivity contribution in [1.29, 1.82) is 0 Å². The van der Waals surface area contributed by atoms with Gasteiger partial charge in [0.2, 0.25) is 0 Å².